The minimum Gasteiger partial charge on any atom is -0.493 e. The van der Waals surface area contributed by atoms with Crippen LogP contribution >= 0.6 is 0 Å². The summed E-state index contributed by atoms with van der Waals surface area (Å²) in [4.78, 5) is 0. The molecule has 1 rings (SSSR count). The van der Waals surface area contributed by atoms with Crippen molar-refractivity contribution in [1.29, 1.82) is 0 Å². The van der Waals surface area contributed by atoms with Gasteiger partial charge >= 0.3 is 0 Å². The average molecular weight is 225 g/mol. The van der Waals surface area contributed by atoms with Gasteiger partial charge in [-0.05, 0) is 24.6 Å². The first-order valence-electron chi connectivity index (χ1n) is 5.24. The van der Waals surface area contributed by atoms with E-state index in [-0.39, 0.29) is 6.04 Å². The molecule has 0 saturated heterocycles. The molecule has 0 aliphatic heterocycles. The summed E-state index contributed by atoms with van der Waals surface area (Å²) in [5.41, 5.74) is 6.82. The van der Waals surface area contributed by atoms with Crippen LogP contribution in [0.2, 0.25) is 0 Å². The van der Waals surface area contributed by atoms with Crippen LogP contribution in [0.4, 0.5) is 0 Å². The van der Waals surface area contributed by atoms with E-state index in [9.17, 15) is 0 Å². The maximum absolute atomic E-state index is 5.79. The van der Waals surface area contributed by atoms with Crippen molar-refractivity contribution in [2.75, 3.05) is 27.4 Å². The van der Waals surface area contributed by atoms with Gasteiger partial charge in [-0.3, -0.25) is 0 Å². The summed E-state index contributed by atoms with van der Waals surface area (Å²) in [7, 11) is 3.25. The van der Waals surface area contributed by atoms with Crippen LogP contribution in [0, 0.1) is 0 Å². The second kappa shape index (κ2) is 6.35. The molecule has 90 valence electrons. The number of hydrogen-bond donors (Lipinski definition) is 1. The van der Waals surface area contributed by atoms with Gasteiger partial charge in [-0.25, -0.2) is 0 Å². The molecule has 0 bridgehead atoms. The maximum Gasteiger partial charge on any atom is 0.161 e. The first-order chi connectivity index (χ1) is 7.69. The van der Waals surface area contributed by atoms with Crippen molar-refractivity contribution >= 4 is 0 Å². The lowest BCUT2D eigenvalue weighted by molar-refractivity contribution is 0.144. The Balaban J connectivity index is 2.76. The van der Waals surface area contributed by atoms with Gasteiger partial charge in [0, 0.05) is 13.2 Å². The number of methoxy groups -OCH3 is 2. The van der Waals surface area contributed by atoms with E-state index in [0.29, 0.717) is 24.7 Å². The van der Waals surface area contributed by atoms with E-state index in [1.165, 1.54) is 0 Å². The van der Waals surface area contributed by atoms with Crippen LogP contribution in [0.1, 0.15) is 18.5 Å². The highest BCUT2D eigenvalue weighted by Crippen LogP contribution is 2.29. The molecule has 2 N–H and O–H groups in total. The van der Waals surface area contributed by atoms with Crippen LogP contribution in [0.5, 0.6) is 11.5 Å². The van der Waals surface area contributed by atoms with Gasteiger partial charge in [-0.1, -0.05) is 6.07 Å². The van der Waals surface area contributed by atoms with Crippen LogP contribution in [0.15, 0.2) is 18.2 Å². The highest BCUT2D eigenvalue weighted by Gasteiger charge is 2.07. The third-order valence-corrected chi connectivity index (χ3v) is 2.26. The molecule has 4 heteroatoms. The van der Waals surface area contributed by atoms with Gasteiger partial charge < -0.3 is 19.9 Å². The second-order valence-electron chi connectivity index (χ2n) is 3.54. The Morgan fingerprint density at radius 2 is 1.94 bits per heavy atom. The lowest BCUT2D eigenvalue weighted by Gasteiger charge is -2.13. The van der Waals surface area contributed by atoms with Crippen LogP contribution in [-0.2, 0) is 4.74 Å². The monoisotopic (exact) mass is 225 g/mol. The molecule has 0 aromatic heterocycles. The quantitative estimate of drug-likeness (QED) is 0.749. The molecule has 1 atom stereocenters. The number of rotatable bonds is 6. The zero-order valence-corrected chi connectivity index (χ0v) is 10.0. The molecule has 0 fully saturated rings. The van der Waals surface area contributed by atoms with Gasteiger partial charge in [-0.2, -0.15) is 0 Å². The standard InChI is InChI=1S/C12H19NO3/c1-9(13)10-4-5-11(12(8-10)15-3)16-7-6-14-2/h4-5,8-9H,6-7,13H2,1-3H3/t9-/m1/s1. The molecule has 0 heterocycles. The predicted molar refractivity (Wildman–Crippen MR) is 63.0 cm³/mol. The molecule has 0 radical (unpaired) electrons. The topological polar surface area (TPSA) is 53.7 Å². The summed E-state index contributed by atoms with van der Waals surface area (Å²) in [6.45, 7) is 2.99. The molecular formula is C12H19NO3. The predicted octanol–water partition coefficient (Wildman–Crippen LogP) is 1.74. The summed E-state index contributed by atoms with van der Waals surface area (Å²) in [6, 6.07) is 5.69. The van der Waals surface area contributed by atoms with E-state index in [1.807, 2.05) is 25.1 Å². The average Bonchev–Trinajstić information content (AvgIpc) is 2.29. The Kier molecular flexibility index (Phi) is 5.08. The molecule has 0 amide bonds. The smallest absolute Gasteiger partial charge is 0.161 e. The fourth-order valence-corrected chi connectivity index (χ4v) is 1.32. The molecule has 4 nitrogen and oxygen atoms in total. The van der Waals surface area contributed by atoms with E-state index >= 15 is 0 Å². The largest absolute Gasteiger partial charge is 0.493 e. The minimum absolute atomic E-state index is 0.0121. The van der Waals surface area contributed by atoms with Gasteiger partial charge in [-0.15, -0.1) is 0 Å². The molecule has 0 unspecified atom stereocenters. The van der Waals surface area contributed by atoms with E-state index < -0.39 is 0 Å². The first kappa shape index (κ1) is 12.8. The molecule has 0 saturated carbocycles. The van der Waals surface area contributed by atoms with Crippen molar-refractivity contribution in [2.24, 2.45) is 5.73 Å². The van der Waals surface area contributed by atoms with E-state index in [0.717, 1.165) is 5.56 Å². The second-order valence-corrected chi connectivity index (χ2v) is 3.54. The minimum atomic E-state index is -0.0121. The molecule has 16 heavy (non-hydrogen) atoms. The van der Waals surface area contributed by atoms with Gasteiger partial charge in [0.25, 0.3) is 0 Å². The van der Waals surface area contributed by atoms with Crippen LogP contribution in [0.25, 0.3) is 0 Å². The Morgan fingerprint density at radius 3 is 2.50 bits per heavy atom. The molecule has 0 spiro atoms. The highest BCUT2D eigenvalue weighted by atomic mass is 16.5. The summed E-state index contributed by atoms with van der Waals surface area (Å²) in [5, 5.41) is 0. The Bertz CT molecular complexity index is 326. The fraction of sp³-hybridized carbons (Fsp3) is 0.500. The van der Waals surface area contributed by atoms with Crippen LogP contribution in [0.3, 0.4) is 0 Å². The van der Waals surface area contributed by atoms with Crippen molar-refractivity contribution in [3.63, 3.8) is 0 Å². The fourth-order valence-electron chi connectivity index (χ4n) is 1.32. The van der Waals surface area contributed by atoms with Crippen LogP contribution in [-0.4, -0.2) is 27.4 Å². The van der Waals surface area contributed by atoms with Gasteiger partial charge in [0.05, 0.1) is 13.7 Å². The van der Waals surface area contributed by atoms with Crippen molar-refractivity contribution < 1.29 is 14.2 Å². The maximum atomic E-state index is 5.79. The molecule has 0 aliphatic carbocycles. The highest BCUT2D eigenvalue weighted by molar-refractivity contribution is 5.43. The molecular weight excluding hydrogens is 206 g/mol. The molecule has 1 aromatic rings. The van der Waals surface area contributed by atoms with E-state index in [1.54, 1.807) is 14.2 Å². The zero-order chi connectivity index (χ0) is 12.0. The first-order valence-corrected chi connectivity index (χ1v) is 5.24. The zero-order valence-electron chi connectivity index (χ0n) is 10.0. The van der Waals surface area contributed by atoms with Gasteiger partial charge in [0.1, 0.15) is 6.61 Å². The number of nitrogens with two attached hydrogens (primary N) is 1. The third-order valence-electron chi connectivity index (χ3n) is 2.26. The van der Waals surface area contributed by atoms with E-state index in [2.05, 4.69) is 0 Å². The lowest BCUT2D eigenvalue weighted by Crippen LogP contribution is -2.07. The normalized spacial score (nSPS) is 12.2. The summed E-state index contributed by atoms with van der Waals surface area (Å²) < 4.78 is 15.7. The molecule has 1 aromatic carbocycles. The Hall–Kier alpha value is -1.26. The molecule has 0 aliphatic rings. The summed E-state index contributed by atoms with van der Waals surface area (Å²) in [6.07, 6.45) is 0. The van der Waals surface area contributed by atoms with Crippen LogP contribution < -0.4 is 15.2 Å². The SMILES string of the molecule is COCCOc1ccc([C@@H](C)N)cc1OC. The van der Waals surface area contributed by atoms with Crippen molar-refractivity contribution in [1.82, 2.24) is 0 Å². The van der Waals surface area contributed by atoms with Gasteiger partial charge in [0.2, 0.25) is 0 Å². The van der Waals surface area contributed by atoms with Gasteiger partial charge in [0.15, 0.2) is 11.5 Å². The lowest BCUT2D eigenvalue weighted by atomic mass is 10.1. The van der Waals surface area contributed by atoms with E-state index in [4.69, 9.17) is 19.9 Å². The Morgan fingerprint density at radius 1 is 1.19 bits per heavy atom. The Labute approximate surface area is 96.3 Å². The third kappa shape index (κ3) is 3.40. The summed E-state index contributed by atoms with van der Waals surface area (Å²) in [5.74, 6) is 1.41. The summed E-state index contributed by atoms with van der Waals surface area (Å²) >= 11 is 0. The number of benzene rings is 1. The van der Waals surface area contributed by atoms with Crippen molar-refractivity contribution in [2.45, 2.75) is 13.0 Å². The van der Waals surface area contributed by atoms with Crippen molar-refractivity contribution in [3.8, 4) is 11.5 Å². The number of ether oxygens (including phenoxy) is 3. The number of hydrogen-bond acceptors (Lipinski definition) is 4. The van der Waals surface area contributed by atoms with Crippen molar-refractivity contribution in [3.05, 3.63) is 23.8 Å².